The largest absolute Gasteiger partial charge is 0.497 e. The summed E-state index contributed by atoms with van der Waals surface area (Å²) in [5, 5.41) is 3.02. The average molecular weight is 459 g/mol. The maximum atomic E-state index is 13.3. The molecule has 0 unspecified atom stereocenters. The number of hydrogen-bond donors (Lipinski definition) is 2. The Hall–Kier alpha value is -1.90. The fraction of sp³-hybridized carbons (Fsp3) is 0.278. The maximum Gasteiger partial charge on any atom is 0.193 e. The molecule has 0 radical (unpaired) electrons. The minimum atomic E-state index is -0.545. The Morgan fingerprint density at radius 2 is 1.84 bits per heavy atom. The van der Waals surface area contributed by atoms with Gasteiger partial charge in [-0.15, -0.1) is 24.0 Å². The van der Waals surface area contributed by atoms with Crippen LogP contribution in [0.25, 0.3) is 0 Å². The van der Waals surface area contributed by atoms with Gasteiger partial charge in [-0.05, 0) is 48.6 Å². The van der Waals surface area contributed by atoms with E-state index in [1.165, 1.54) is 12.1 Å². The fourth-order valence-corrected chi connectivity index (χ4v) is 2.85. The number of nitrogens with zero attached hydrogens (tertiary/aromatic N) is 1. The third-order valence-corrected chi connectivity index (χ3v) is 4.13. The van der Waals surface area contributed by atoms with Gasteiger partial charge in [-0.2, -0.15) is 0 Å². The molecule has 2 aromatic rings. The van der Waals surface area contributed by atoms with E-state index in [0.717, 1.165) is 30.3 Å². The zero-order valence-electron chi connectivity index (χ0n) is 13.7. The fourth-order valence-electron chi connectivity index (χ4n) is 2.85. The van der Waals surface area contributed by atoms with Crippen LogP contribution >= 0.6 is 24.0 Å². The zero-order chi connectivity index (χ0) is 17.1. The molecule has 3 rings (SSSR count). The van der Waals surface area contributed by atoms with E-state index in [9.17, 15) is 8.78 Å². The van der Waals surface area contributed by atoms with E-state index in [1.54, 1.807) is 7.11 Å². The van der Waals surface area contributed by atoms with Crippen molar-refractivity contribution in [3.8, 4) is 5.75 Å². The summed E-state index contributed by atoms with van der Waals surface area (Å²) in [4.78, 5) is 4.41. The summed E-state index contributed by atoms with van der Waals surface area (Å²) in [6.45, 7) is 0. The number of nitrogens with two attached hydrogens (primary N) is 1. The molecule has 0 amide bonds. The van der Waals surface area contributed by atoms with Crippen LogP contribution in [0, 0.1) is 11.6 Å². The van der Waals surface area contributed by atoms with Crippen molar-refractivity contribution >= 4 is 35.6 Å². The van der Waals surface area contributed by atoms with Crippen LogP contribution < -0.4 is 15.8 Å². The third kappa shape index (κ3) is 5.04. The standard InChI is InChI=1S/C18H19F2N3O.HI/c1-24-17-4-2-3-15(10-17)22-18(21)23-16-7-12(8-16)11-5-13(19)9-14(20)6-11;/h2-6,9-10,12,16H,7-8H2,1H3,(H3,21,22,23);1H. The van der Waals surface area contributed by atoms with Crippen molar-refractivity contribution in [2.24, 2.45) is 10.7 Å². The number of guanidine groups is 1. The minimum absolute atomic E-state index is 0. The number of ether oxygens (including phenoxy) is 1. The Labute approximate surface area is 162 Å². The molecule has 4 nitrogen and oxygen atoms in total. The van der Waals surface area contributed by atoms with E-state index >= 15 is 0 Å². The molecular weight excluding hydrogens is 439 g/mol. The van der Waals surface area contributed by atoms with E-state index < -0.39 is 11.6 Å². The van der Waals surface area contributed by atoms with E-state index in [4.69, 9.17) is 10.5 Å². The summed E-state index contributed by atoms with van der Waals surface area (Å²) < 4.78 is 31.7. The summed E-state index contributed by atoms with van der Waals surface area (Å²) in [6, 6.07) is 11.1. The van der Waals surface area contributed by atoms with Gasteiger partial charge < -0.3 is 15.8 Å². The molecule has 1 fully saturated rings. The second-order valence-electron chi connectivity index (χ2n) is 5.90. The number of methoxy groups -OCH3 is 1. The number of anilines is 1. The van der Waals surface area contributed by atoms with Gasteiger partial charge in [0.05, 0.1) is 13.2 Å². The van der Waals surface area contributed by atoms with Crippen LogP contribution in [-0.4, -0.2) is 19.1 Å². The number of aliphatic imine (C=N–C) groups is 1. The van der Waals surface area contributed by atoms with Crippen LogP contribution in [0.3, 0.4) is 0 Å². The number of hydrogen-bond acceptors (Lipinski definition) is 2. The number of halogens is 3. The van der Waals surface area contributed by atoms with Crippen molar-refractivity contribution in [1.82, 2.24) is 0 Å². The van der Waals surface area contributed by atoms with Crippen LogP contribution in [0.5, 0.6) is 5.75 Å². The molecule has 0 aliphatic heterocycles. The average Bonchev–Trinajstić information content (AvgIpc) is 2.49. The molecule has 3 N–H and O–H groups in total. The molecule has 0 saturated heterocycles. The maximum absolute atomic E-state index is 13.3. The predicted octanol–water partition coefficient (Wildman–Crippen LogP) is 4.26. The van der Waals surface area contributed by atoms with Crippen LogP contribution in [0.1, 0.15) is 24.3 Å². The van der Waals surface area contributed by atoms with Gasteiger partial charge in [0.2, 0.25) is 0 Å². The van der Waals surface area contributed by atoms with E-state index in [2.05, 4.69) is 10.3 Å². The quantitative estimate of drug-likeness (QED) is 0.408. The van der Waals surface area contributed by atoms with Gasteiger partial charge in [0.15, 0.2) is 5.96 Å². The molecule has 0 bridgehead atoms. The summed E-state index contributed by atoms with van der Waals surface area (Å²) >= 11 is 0. The Bertz CT molecular complexity index is 743. The molecule has 0 aromatic heterocycles. The highest BCUT2D eigenvalue weighted by atomic mass is 127. The minimum Gasteiger partial charge on any atom is -0.497 e. The highest BCUT2D eigenvalue weighted by Crippen LogP contribution is 2.39. The Morgan fingerprint density at radius 3 is 2.48 bits per heavy atom. The molecule has 25 heavy (non-hydrogen) atoms. The predicted molar refractivity (Wildman–Crippen MR) is 106 cm³/mol. The van der Waals surface area contributed by atoms with Crippen LogP contribution in [0.15, 0.2) is 47.5 Å². The molecule has 0 atom stereocenters. The molecule has 1 saturated carbocycles. The van der Waals surface area contributed by atoms with Crippen molar-refractivity contribution < 1.29 is 13.5 Å². The summed E-state index contributed by atoms with van der Waals surface area (Å²) in [6.07, 6.45) is 1.45. The topological polar surface area (TPSA) is 59.6 Å². The van der Waals surface area contributed by atoms with E-state index in [0.29, 0.717) is 11.5 Å². The Kier molecular flexibility index (Phi) is 6.57. The Balaban J connectivity index is 0.00000225. The van der Waals surface area contributed by atoms with Gasteiger partial charge in [-0.1, -0.05) is 6.07 Å². The van der Waals surface area contributed by atoms with E-state index in [-0.39, 0.29) is 35.9 Å². The SMILES string of the molecule is COc1cccc(NC(N)=NC2CC(c3cc(F)cc(F)c3)C2)c1.I. The lowest BCUT2D eigenvalue weighted by Crippen LogP contribution is -2.31. The lowest BCUT2D eigenvalue weighted by Gasteiger charge is -2.33. The normalized spacial score (nSPS) is 19.6. The number of rotatable bonds is 4. The first kappa shape index (κ1) is 19.4. The van der Waals surface area contributed by atoms with Crippen LogP contribution in [0.4, 0.5) is 14.5 Å². The van der Waals surface area contributed by atoms with Crippen molar-refractivity contribution in [1.29, 1.82) is 0 Å². The number of nitrogens with one attached hydrogen (secondary N) is 1. The molecule has 1 aliphatic carbocycles. The van der Waals surface area contributed by atoms with Gasteiger partial charge >= 0.3 is 0 Å². The van der Waals surface area contributed by atoms with Gasteiger partial charge in [-0.25, -0.2) is 13.8 Å². The Morgan fingerprint density at radius 1 is 1.16 bits per heavy atom. The molecule has 134 valence electrons. The van der Waals surface area contributed by atoms with Crippen molar-refractivity contribution in [2.45, 2.75) is 24.8 Å². The molecule has 7 heteroatoms. The lowest BCUT2D eigenvalue weighted by atomic mass is 9.76. The van der Waals surface area contributed by atoms with Crippen molar-refractivity contribution in [3.05, 3.63) is 59.7 Å². The van der Waals surface area contributed by atoms with Gasteiger partial charge in [-0.3, -0.25) is 0 Å². The van der Waals surface area contributed by atoms with Crippen LogP contribution in [0.2, 0.25) is 0 Å². The first-order valence-electron chi connectivity index (χ1n) is 7.74. The summed E-state index contributed by atoms with van der Waals surface area (Å²) in [5.41, 5.74) is 7.39. The highest BCUT2D eigenvalue weighted by molar-refractivity contribution is 14.0. The van der Waals surface area contributed by atoms with Gasteiger partial charge in [0, 0.05) is 17.8 Å². The van der Waals surface area contributed by atoms with Crippen molar-refractivity contribution in [2.75, 3.05) is 12.4 Å². The molecule has 0 spiro atoms. The van der Waals surface area contributed by atoms with E-state index in [1.807, 2.05) is 24.3 Å². The molecule has 2 aromatic carbocycles. The van der Waals surface area contributed by atoms with Gasteiger partial charge in [0.25, 0.3) is 0 Å². The molecule has 1 aliphatic rings. The summed E-state index contributed by atoms with van der Waals surface area (Å²) in [5.74, 6) is 0.0719. The second-order valence-corrected chi connectivity index (χ2v) is 5.90. The smallest absolute Gasteiger partial charge is 0.193 e. The first-order valence-corrected chi connectivity index (χ1v) is 7.74. The molecule has 0 heterocycles. The zero-order valence-corrected chi connectivity index (χ0v) is 16.0. The van der Waals surface area contributed by atoms with Crippen LogP contribution in [-0.2, 0) is 0 Å². The molecular formula is C18H20F2IN3O. The number of benzene rings is 2. The third-order valence-electron chi connectivity index (χ3n) is 4.13. The monoisotopic (exact) mass is 459 g/mol. The highest BCUT2D eigenvalue weighted by Gasteiger charge is 2.30. The lowest BCUT2D eigenvalue weighted by molar-refractivity contribution is 0.351. The second kappa shape index (κ2) is 8.46. The summed E-state index contributed by atoms with van der Waals surface area (Å²) in [7, 11) is 1.60. The first-order chi connectivity index (χ1) is 11.5. The van der Waals surface area contributed by atoms with Gasteiger partial charge in [0.1, 0.15) is 17.4 Å². The van der Waals surface area contributed by atoms with Crippen molar-refractivity contribution in [3.63, 3.8) is 0 Å².